The Balaban J connectivity index is 1.71. The predicted octanol–water partition coefficient (Wildman–Crippen LogP) is 2.81. The molecule has 1 aliphatic heterocycles. The van der Waals surface area contributed by atoms with Gasteiger partial charge in [0.15, 0.2) is 0 Å². The van der Waals surface area contributed by atoms with Gasteiger partial charge in [0.2, 0.25) is 0 Å². The number of nitrogens with zero attached hydrogens (tertiary/aromatic N) is 2. The number of ether oxygens (including phenoxy) is 1. The second kappa shape index (κ2) is 8.32. The number of rotatable bonds is 4. The van der Waals surface area contributed by atoms with E-state index in [2.05, 4.69) is 5.32 Å². The number of amides is 2. The molecule has 0 unspecified atom stereocenters. The molecule has 0 atom stereocenters. The van der Waals surface area contributed by atoms with Crippen molar-refractivity contribution in [2.75, 3.05) is 26.3 Å². The monoisotopic (exact) mass is 389 g/mol. The van der Waals surface area contributed by atoms with E-state index in [1.807, 2.05) is 48.1 Å². The third-order valence-electron chi connectivity index (χ3n) is 5.04. The number of aryl methyl sites for hydroxylation is 1. The van der Waals surface area contributed by atoms with E-state index in [9.17, 15) is 9.59 Å². The molecule has 1 saturated heterocycles. The second-order valence-corrected chi connectivity index (χ2v) is 7.00. The van der Waals surface area contributed by atoms with Crippen LogP contribution < -0.4 is 5.32 Å². The van der Waals surface area contributed by atoms with E-state index in [0.29, 0.717) is 31.9 Å². The molecule has 6 heteroatoms. The molecular formula is C23H23N3O3. The van der Waals surface area contributed by atoms with Gasteiger partial charge in [-0.1, -0.05) is 36.4 Å². The molecule has 3 aromatic rings. The van der Waals surface area contributed by atoms with Gasteiger partial charge in [0.25, 0.3) is 11.8 Å². The summed E-state index contributed by atoms with van der Waals surface area (Å²) < 4.78 is 7.37. The Morgan fingerprint density at radius 1 is 1.00 bits per heavy atom. The third-order valence-corrected chi connectivity index (χ3v) is 5.04. The van der Waals surface area contributed by atoms with Crippen molar-refractivity contribution in [3.05, 3.63) is 77.6 Å². The minimum Gasteiger partial charge on any atom is -0.378 e. The van der Waals surface area contributed by atoms with Crippen LogP contribution in [0.25, 0.3) is 17.0 Å². The van der Waals surface area contributed by atoms with Gasteiger partial charge in [0.1, 0.15) is 5.70 Å². The van der Waals surface area contributed by atoms with Gasteiger partial charge in [-0.15, -0.1) is 0 Å². The van der Waals surface area contributed by atoms with Crippen molar-refractivity contribution in [2.45, 2.75) is 0 Å². The summed E-state index contributed by atoms with van der Waals surface area (Å²) >= 11 is 0. The maximum Gasteiger partial charge on any atom is 0.270 e. The first-order valence-corrected chi connectivity index (χ1v) is 9.62. The van der Waals surface area contributed by atoms with Crippen molar-refractivity contribution in [2.24, 2.45) is 7.05 Å². The fourth-order valence-corrected chi connectivity index (χ4v) is 3.52. The molecule has 1 fully saturated rings. The maximum atomic E-state index is 13.2. The lowest BCUT2D eigenvalue weighted by Crippen LogP contribution is -2.44. The van der Waals surface area contributed by atoms with Gasteiger partial charge in [-0.25, -0.2) is 0 Å². The number of nitrogens with one attached hydrogen (secondary N) is 1. The van der Waals surface area contributed by atoms with Gasteiger partial charge in [-0.05, 0) is 24.3 Å². The van der Waals surface area contributed by atoms with E-state index in [-0.39, 0.29) is 17.5 Å². The van der Waals surface area contributed by atoms with Crippen LogP contribution in [0.1, 0.15) is 15.9 Å². The van der Waals surface area contributed by atoms with E-state index in [0.717, 1.165) is 16.5 Å². The van der Waals surface area contributed by atoms with Gasteiger partial charge in [-0.3, -0.25) is 9.59 Å². The average Bonchev–Trinajstić information content (AvgIpc) is 3.09. The molecule has 4 rings (SSSR count). The summed E-state index contributed by atoms with van der Waals surface area (Å²) in [4.78, 5) is 27.7. The van der Waals surface area contributed by atoms with Gasteiger partial charge in [-0.2, -0.15) is 0 Å². The van der Waals surface area contributed by atoms with Crippen LogP contribution in [0.3, 0.4) is 0 Å². The van der Waals surface area contributed by atoms with Crippen LogP contribution in [0.15, 0.2) is 66.5 Å². The molecule has 2 aromatic carbocycles. The number of carbonyl (C=O) groups excluding carboxylic acids is 2. The Morgan fingerprint density at radius 2 is 1.69 bits per heavy atom. The highest BCUT2D eigenvalue weighted by Crippen LogP contribution is 2.23. The number of benzene rings is 2. The van der Waals surface area contributed by atoms with E-state index in [1.54, 1.807) is 35.2 Å². The Kier molecular flexibility index (Phi) is 5.44. The lowest BCUT2D eigenvalue weighted by atomic mass is 10.1. The smallest absolute Gasteiger partial charge is 0.270 e. The van der Waals surface area contributed by atoms with Crippen LogP contribution in [0.4, 0.5) is 0 Å². The van der Waals surface area contributed by atoms with Crippen molar-refractivity contribution < 1.29 is 14.3 Å². The highest BCUT2D eigenvalue weighted by Gasteiger charge is 2.23. The van der Waals surface area contributed by atoms with Crippen molar-refractivity contribution in [1.82, 2.24) is 14.8 Å². The first kappa shape index (κ1) is 19.0. The third kappa shape index (κ3) is 4.07. The normalized spacial score (nSPS) is 14.8. The molecular weight excluding hydrogens is 366 g/mol. The summed E-state index contributed by atoms with van der Waals surface area (Å²) in [7, 11) is 1.96. The van der Waals surface area contributed by atoms with Crippen LogP contribution in [-0.2, 0) is 16.6 Å². The summed E-state index contributed by atoms with van der Waals surface area (Å²) in [6.07, 6.45) is 3.73. The molecule has 6 nitrogen and oxygen atoms in total. The van der Waals surface area contributed by atoms with Gasteiger partial charge < -0.3 is 19.5 Å². The van der Waals surface area contributed by atoms with E-state index >= 15 is 0 Å². The van der Waals surface area contributed by atoms with Crippen LogP contribution in [0.2, 0.25) is 0 Å². The Morgan fingerprint density at radius 3 is 2.45 bits per heavy atom. The number of hydrogen-bond acceptors (Lipinski definition) is 3. The van der Waals surface area contributed by atoms with E-state index in [1.165, 1.54) is 0 Å². The minimum absolute atomic E-state index is 0.203. The van der Waals surface area contributed by atoms with Crippen LogP contribution >= 0.6 is 0 Å². The average molecular weight is 389 g/mol. The fraction of sp³-hybridized carbons (Fsp3) is 0.217. The van der Waals surface area contributed by atoms with Gasteiger partial charge >= 0.3 is 0 Å². The Labute approximate surface area is 169 Å². The van der Waals surface area contributed by atoms with Gasteiger partial charge in [0, 0.05) is 48.4 Å². The lowest BCUT2D eigenvalue weighted by Gasteiger charge is -2.27. The molecule has 0 radical (unpaired) electrons. The predicted molar refractivity (Wildman–Crippen MR) is 112 cm³/mol. The Bertz CT molecular complexity index is 1060. The fourth-order valence-electron chi connectivity index (χ4n) is 3.52. The summed E-state index contributed by atoms with van der Waals surface area (Å²) in [5, 5.41) is 3.86. The lowest BCUT2D eigenvalue weighted by molar-refractivity contribution is -0.131. The van der Waals surface area contributed by atoms with Crippen molar-refractivity contribution in [3.63, 3.8) is 0 Å². The minimum atomic E-state index is -0.307. The molecule has 148 valence electrons. The van der Waals surface area contributed by atoms with E-state index < -0.39 is 0 Å². The number of para-hydroxylation sites is 1. The molecule has 1 aromatic heterocycles. The number of fused-ring (bicyclic) bond motifs is 1. The molecule has 0 aliphatic carbocycles. The molecule has 1 aliphatic rings. The molecule has 2 heterocycles. The van der Waals surface area contributed by atoms with Crippen molar-refractivity contribution >= 4 is 28.8 Å². The maximum absolute atomic E-state index is 13.2. The zero-order chi connectivity index (χ0) is 20.2. The van der Waals surface area contributed by atoms with Crippen molar-refractivity contribution in [1.29, 1.82) is 0 Å². The first-order chi connectivity index (χ1) is 14.1. The first-order valence-electron chi connectivity index (χ1n) is 9.62. The molecule has 0 saturated carbocycles. The molecule has 29 heavy (non-hydrogen) atoms. The number of hydrogen-bond donors (Lipinski definition) is 1. The molecule has 2 amide bonds. The number of morpholine rings is 1. The molecule has 0 spiro atoms. The van der Waals surface area contributed by atoms with Crippen LogP contribution in [0, 0.1) is 0 Å². The second-order valence-electron chi connectivity index (χ2n) is 7.00. The van der Waals surface area contributed by atoms with Crippen LogP contribution in [-0.4, -0.2) is 47.6 Å². The Hall–Kier alpha value is -3.38. The molecule has 1 N–H and O–H groups in total. The molecule has 0 bridgehead atoms. The quantitative estimate of drug-likeness (QED) is 0.698. The summed E-state index contributed by atoms with van der Waals surface area (Å²) in [5.41, 5.74) is 2.71. The highest BCUT2D eigenvalue weighted by molar-refractivity contribution is 6.06. The van der Waals surface area contributed by atoms with Gasteiger partial charge in [0.05, 0.1) is 13.2 Å². The standard InChI is InChI=1S/C23H23N3O3/c1-25-16-18(19-9-5-6-10-21(19)25)15-20(23(28)26-11-13-29-14-12-26)24-22(27)17-7-3-2-4-8-17/h2-10,15-16H,11-14H2,1H3,(H,24,27). The number of carbonyl (C=O) groups is 2. The van der Waals surface area contributed by atoms with E-state index in [4.69, 9.17) is 4.74 Å². The SMILES string of the molecule is Cn1cc(C=C(NC(=O)c2ccccc2)C(=O)N2CCOCC2)c2ccccc21. The number of aromatic nitrogens is 1. The summed E-state index contributed by atoms with van der Waals surface area (Å²) in [6, 6.07) is 16.9. The van der Waals surface area contributed by atoms with Crippen molar-refractivity contribution in [3.8, 4) is 0 Å². The highest BCUT2D eigenvalue weighted by atomic mass is 16.5. The largest absolute Gasteiger partial charge is 0.378 e. The summed E-state index contributed by atoms with van der Waals surface area (Å²) in [6.45, 7) is 2.01. The topological polar surface area (TPSA) is 63.6 Å². The zero-order valence-corrected chi connectivity index (χ0v) is 16.3. The van der Waals surface area contributed by atoms with Crippen LogP contribution in [0.5, 0.6) is 0 Å². The summed E-state index contributed by atoms with van der Waals surface area (Å²) in [5.74, 6) is -0.510. The zero-order valence-electron chi connectivity index (χ0n) is 16.3.